The molecule has 3 aromatic rings. The van der Waals surface area contributed by atoms with Crippen LogP contribution >= 0.6 is 0 Å². The van der Waals surface area contributed by atoms with Gasteiger partial charge in [0.2, 0.25) is 5.91 Å². The van der Waals surface area contributed by atoms with Gasteiger partial charge in [-0.05, 0) is 65.6 Å². The molecule has 0 saturated heterocycles. The molecule has 1 saturated carbocycles. The molecule has 0 bridgehead atoms. The van der Waals surface area contributed by atoms with Crippen LogP contribution in [0, 0.1) is 0 Å². The van der Waals surface area contributed by atoms with E-state index in [9.17, 15) is 4.79 Å². The number of amides is 1. The quantitative estimate of drug-likeness (QED) is 0.683. The van der Waals surface area contributed by atoms with E-state index in [1.54, 1.807) is 6.08 Å². The highest BCUT2D eigenvalue weighted by Gasteiger charge is 2.22. The minimum Gasteiger partial charge on any atom is -0.361 e. The van der Waals surface area contributed by atoms with Crippen LogP contribution in [-0.2, 0) is 4.79 Å². The van der Waals surface area contributed by atoms with Crippen LogP contribution in [0.15, 0.2) is 60.8 Å². The number of allylic oxidation sites excluding steroid dienone is 1. The molecule has 1 fully saturated rings. The maximum atomic E-state index is 11.9. The Labute approximate surface area is 141 Å². The minimum atomic E-state index is 0.0111. The molecule has 120 valence electrons. The highest BCUT2D eigenvalue weighted by atomic mass is 16.1. The van der Waals surface area contributed by atoms with Crippen LogP contribution in [0.4, 0.5) is 0 Å². The summed E-state index contributed by atoms with van der Waals surface area (Å²) in [5.74, 6) is 0.0111. The van der Waals surface area contributed by atoms with E-state index in [2.05, 4.69) is 58.8 Å². The normalized spacial score (nSPS) is 14.8. The Bertz CT molecular complexity index is 914. The van der Waals surface area contributed by atoms with Crippen LogP contribution in [0.25, 0.3) is 27.6 Å². The van der Waals surface area contributed by atoms with Crippen LogP contribution in [0.2, 0.25) is 0 Å². The number of carbonyl (C=O) groups excluding carboxylic acids is 1. The predicted octanol–water partition coefficient (Wildman–Crippen LogP) is 4.52. The van der Waals surface area contributed by atoms with Gasteiger partial charge in [0.15, 0.2) is 0 Å². The number of nitrogens with one attached hydrogen (secondary N) is 2. The van der Waals surface area contributed by atoms with Gasteiger partial charge in [-0.15, -0.1) is 0 Å². The van der Waals surface area contributed by atoms with Gasteiger partial charge in [0, 0.05) is 23.8 Å². The Balaban J connectivity index is 1.54. The maximum Gasteiger partial charge on any atom is 0.244 e. The summed E-state index contributed by atoms with van der Waals surface area (Å²) in [7, 11) is 0. The second-order valence-corrected chi connectivity index (χ2v) is 6.47. The summed E-state index contributed by atoms with van der Waals surface area (Å²) in [5.41, 5.74) is 5.59. The second-order valence-electron chi connectivity index (χ2n) is 6.47. The number of carbonyl (C=O) groups is 1. The van der Waals surface area contributed by atoms with Crippen molar-refractivity contribution in [3.63, 3.8) is 0 Å². The number of aromatic amines is 1. The van der Waals surface area contributed by atoms with Gasteiger partial charge < -0.3 is 10.3 Å². The third kappa shape index (κ3) is 3.11. The van der Waals surface area contributed by atoms with Crippen molar-refractivity contribution in [1.29, 1.82) is 0 Å². The summed E-state index contributed by atoms with van der Waals surface area (Å²) in [6, 6.07) is 17.3. The number of H-pyrrole nitrogens is 1. The highest BCUT2D eigenvalue weighted by Crippen LogP contribution is 2.26. The van der Waals surface area contributed by atoms with E-state index >= 15 is 0 Å². The smallest absolute Gasteiger partial charge is 0.244 e. The molecule has 3 nitrogen and oxygen atoms in total. The zero-order valence-electron chi connectivity index (χ0n) is 13.7. The molecule has 1 aliphatic rings. The zero-order valence-corrected chi connectivity index (χ0v) is 13.7. The number of fused-ring (bicyclic) bond motifs is 1. The van der Waals surface area contributed by atoms with Crippen molar-refractivity contribution in [1.82, 2.24) is 10.3 Å². The summed E-state index contributed by atoms with van der Waals surface area (Å²) in [5, 5.41) is 4.20. The average molecular weight is 316 g/mol. The van der Waals surface area contributed by atoms with Crippen molar-refractivity contribution in [3.05, 3.63) is 66.4 Å². The maximum absolute atomic E-state index is 11.9. The van der Waals surface area contributed by atoms with Crippen molar-refractivity contribution in [3.8, 4) is 11.1 Å². The SMILES string of the molecule is CC(=CC(=O)NC1CC1)c1ccc(-c2ccc3[nH]ccc3c2)cc1. The summed E-state index contributed by atoms with van der Waals surface area (Å²) >= 11 is 0. The van der Waals surface area contributed by atoms with Crippen LogP contribution in [0.1, 0.15) is 25.3 Å². The van der Waals surface area contributed by atoms with Gasteiger partial charge in [-0.2, -0.15) is 0 Å². The summed E-state index contributed by atoms with van der Waals surface area (Å²) < 4.78 is 0. The molecule has 2 N–H and O–H groups in total. The van der Waals surface area contributed by atoms with Crippen molar-refractivity contribution in [2.75, 3.05) is 0 Å². The first kappa shape index (κ1) is 14.8. The van der Waals surface area contributed by atoms with Gasteiger partial charge in [-0.3, -0.25) is 4.79 Å². The largest absolute Gasteiger partial charge is 0.361 e. The molecule has 1 heterocycles. The first-order valence-corrected chi connectivity index (χ1v) is 8.36. The topological polar surface area (TPSA) is 44.9 Å². The molecule has 2 aromatic carbocycles. The van der Waals surface area contributed by atoms with Crippen LogP contribution in [0.3, 0.4) is 0 Å². The third-order valence-electron chi connectivity index (χ3n) is 4.50. The lowest BCUT2D eigenvalue weighted by Gasteiger charge is -2.06. The molecule has 1 aromatic heterocycles. The van der Waals surface area contributed by atoms with E-state index in [4.69, 9.17) is 0 Å². The molecule has 3 heteroatoms. The zero-order chi connectivity index (χ0) is 16.5. The summed E-state index contributed by atoms with van der Waals surface area (Å²) in [6.07, 6.45) is 5.87. The van der Waals surface area contributed by atoms with Crippen molar-refractivity contribution < 1.29 is 4.79 Å². The average Bonchev–Trinajstić information content (AvgIpc) is 3.27. The van der Waals surface area contributed by atoms with Crippen LogP contribution in [0.5, 0.6) is 0 Å². The molecule has 1 amide bonds. The van der Waals surface area contributed by atoms with Crippen LogP contribution < -0.4 is 5.32 Å². The van der Waals surface area contributed by atoms with Crippen molar-refractivity contribution in [2.45, 2.75) is 25.8 Å². The number of rotatable bonds is 4. The van der Waals surface area contributed by atoms with E-state index in [-0.39, 0.29) is 5.91 Å². The van der Waals surface area contributed by atoms with Crippen LogP contribution in [-0.4, -0.2) is 16.9 Å². The van der Waals surface area contributed by atoms with E-state index in [1.807, 2.05) is 13.1 Å². The Morgan fingerprint density at radius 3 is 2.58 bits per heavy atom. The summed E-state index contributed by atoms with van der Waals surface area (Å²) in [4.78, 5) is 15.1. The molecule has 4 rings (SSSR count). The molecule has 0 unspecified atom stereocenters. The minimum absolute atomic E-state index is 0.0111. The van der Waals surface area contributed by atoms with E-state index in [0.717, 1.165) is 29.5 Å². The fourth-order valence-corrected chi connectivity index (χ4v) is 2.91. The van der Waals surface area contributed by atoms with Gasteiger partial charge in [0.1, 0.15) is 0 Å². The molecule has 0 spiro atoms. The number of hydrogen-bond donors (Lipinski definition) is 2. The molecule has 0 atom stereocenters. The first-order valence-electron chi connectivity index (χ1n) is 8.36. The fraction of sp³-hybridized carbons (Fsp3) is 0.190. The third-order valence-corrected chi connectivity index (χ3v) is 4.50. The number of hydrogen-bond acceptors (Lipinski definition) is 1. The first-order chi connectivity index (χ1) is 11.7. The monoisotopic (exact) mass is 316 g/mol. The lowest BCUT2D eigenvalue weighted by molar-refractivity contribution is -0.116. The number of benzene rings is 2. The van der Waals surface area contributed by atoms with E-state index < -0.39 is 0 Å². The lowest BCUT2D eigenvalue weighted by atomic mass is 10.00. The van der Waals surface area contributed by atoms with Crippen molar-refractivity contribution in [2.24, 2.45) is 0 Å². The predicted molar refractivity (Wildman–Crippen MR) is 98.6 cm³/mol. The van der Waals surface area contributed by atoms with Gasteiger partial charge in [-0.25, -0.2) is 0 Å². The van der Waals surface area contributed by atoms with Gasteiger partial charge >= 0.3 is 0 Å². The fourth-order valence-electron chi connectivity index (χ4n) is 2.91. The second kappa shape index (κ2) is 6.00. The molecule has 0 radical (unpaired) electrons. The molecular weight excluding hydrogens is 296 g/mol. The Morgan fingerprint density at radius 2 is 1.83 bits per heavy atom. The Hall–Kier alpha value is -2.81. The van der Waals surface area contributed by atoms with Gasteiger partial charge in [-0.1, -0.05) is 30.3 Å². The molecule has 0 aliphatic heterocycles. The Morgan fingerprint density at radius 1 is 1.08 bits per heavy atom. The molecule has 1 aliphatic carbocycles. The van der Waals surface area contributed by atoms with E-state index in [1.165, 1.54) is 16.5 Å². The van der Waals surface area contributed by atoms with E-state index in [0.29, 0.717) is 6.04 Å². The highest BCUT2D eigenvalue weighted by molar-refractivity contribution is 5.95. The number of aromatic nitrogens is 1. The standard InChI is InChI=1S/C21H20N2O/c1-14(12-21(24)23-19-7-8-19)15-2-4-16(5-3-15)17-6-9-20-18(13-17)10-11-22-20/h2-6,9-13,19,22H,7-8H2,1H3,(H,23,24). The van der Waals surface area contributed by atoms with Crippen molar-refractivity contribution >= 4 is 22.4 Å². The molecular formula is C21H20N2O. The van der Waals surface area contributed by atoms with Gasteiger partial charge in [0.05, 0.1) is 0 Å². The summed E-state index contributed by atoms with van der Waals surface area (Å²) in [6.45, 7) is 1.98. The lowest BCUT2D eigenvalue weighted by Crippen LogP contribution is -2.23. The van der Waals surface area contributed by atoms with Gasteiger partial charge in [0.25, 0.3) is 0 Å². The molecule has 24 heavy (non-hydrogen) atoms. The Kier molecular flexibility index (Phi) is 3.69.